The van der Waals surface area contributed by atoms with Gasteiger partial charge in [-0.1, -0.05) is 57.9 Å². The van der Waals surface area contributed by atoms with Crippen LogP contribution in [0.3, 0.4) is 0 Å². The second-order valence-corrected chi connectivity index (χ2v) is 3.52. The summed E-state index contributed by atoms with van der Waals surface area (Å²) in [5, 5.41) is 8.14. The van der Waals surface area contributed by atoms with Crippen LogP contribution in [0.2, 0.25) is 0 Å². The zero-order chi connectivity index (χ0) is 12.6. The molecule has 0 spiro atoms. The molecule has 0 aliphatic rings. The summed E-state index contributed by atoms with van der Waals surface area (Å²) in [5.74, 6) is -0.682. The molecule has 0 unspecified atom stereocenters. The smallest absolute Gasteiger partial charge is 0.303 e. The Balaban J connectivity index is 0. The van der Waals surface area contributed by atoms with Crippen LogP contribution in [0.1, 0.15) is 59.3 Å². The summed E-state index contributed by atoms with van der Waals surface area (Å²) in [5.41, 5.74) is 0. The Morgan fingerprint density at radius 1 is 1.00 bits per heavy atom. The van der Waals surface area contributed by atoms with E-state index in [4.69, 9.17) is 5.11 Å². The second kappa shape index (κ2) is 16.4. The minimum Gasteiger partial charge on any atom is -0.481 e. The van der Waals surface area contributed by atoms with E-state index in [2.05, 4.69) is 45.1 Å². The zero-order valence-electron chi connectivity index (χ0n) is 10.9. The lowest BCUT2D eigenvalue weighted by Crippen LogP contribution is -1.92. The van der Waals surface area contributed by atoms with Crippen LogP contribution in [0.5, 0.6) is 0 Å². The molecule has 0 atom stereocenters. The van der Waals surface area contributed by atoms with Gasteiger partial charge in [0.25, 0.3) is 0 Å². The van der Waals surface area contributed by atoms with E-state index in [1.807, 2.05) is 0 Å². The summed E-state index contributed by atoms with van der Waals surface area (Å²) >= 11 is 0. The van der Waals surface area contributed by atoms with Gasteiger partial charge in [-0.3, -0.25) is 4.79 Å². The first-order valence-corrected chi connectivity index (χ1v) is 6.22. The van der Waals surface area contributed by atoms with Crippen LogP contribution < -0.4 is 0 Å². The molecule has 0 bridgehead atoms. The highest BCUT2D eigenvalue weighted by Gasteiger charge is 1.92. The molecule has 0 aromatic rings. The minimum absolute atomic E-state index is 0.327. The molecule has 0 rings (SSSR count). The molecule has 1 N–H and O–H groups in total. The lowest BCUT2D eigenvalue weighted by molar-refractivity contribution is -0.137. The Morgan fingerprint density at radius 2 is 1.50 bits per heavy atom. The van der Waals surface area contributed by atoms with E-state index in [1.54, 1.807) is 0 Å². The van der Waals surface area contributed by atoms with E-state index in [0.29, 0.717) is 6.42 Å². The SMILES string of the molecule is CCC=CC=CCC.CCCCCC(=O)O. The van der Waals surface area contributed by atoms with Gasteiger partial charge in [0, 0.05) is 6.42 Å². The van der Waals surface area contributed by atoms with Crippen LogP contribution in [0, 0.1) is 0 Å². The average Bonchev–Trinajstić information content (AvgIpc) is 2.25. The largest absolute Gasteiger partial charge is 0.481 e. The van der Waals surface area contributed by atoms with Crippen molar-refractivity contribution in [1.82, 2.24) is 0 Å². The first-order chi connectivity index (χ1) is 7.68. The number of hydrogen-bond donors (Lipinski definition) is 1. The third-order valence-corrected chi connectivity index (χ3v) is 1.85. The molecule has 0 fully saturated rings. The van der Waals surface area contributed by atoms with Crippen molar-refractivity contribution in [2.24, 2.45) is 0 Å². The van der Waals surface area contributed by atoms with Crippen molar-refractivity contribution in [2.75, 3.05) is 0 Å². The highest BCUT2D eigenvalue weighted by atomic mass is 16.4. The molecule has 16 heavy (non-hydrogen) atoms. The lowest BCUT2D eigenvalue weighted by Gasteiger charge is -1.89. The molecule has 2 nitrogen and oxygen atoms in total. The number of allylic oxidation sites excluding steroid dienone is 4. The van der Waals surface area contributed by atoms with E-state index in [-0.39, 0.29) is 0 Å². The molecular formula is C14H26O2. The van der Waals surface area contributed by atoms with Crippen molar-refractivity contribution in [2.45, 2.75) is 59.3 Å². The average molecular weight is 226 g/mol. The zero-order valence-corrected chi connectivity index (χ0v) is 10.9. The maximum atomic E-state index is 9.87. The van der Waals surface area contributed by atoms with Crippen molar-refractivity contribution in [3.05, 3.63) is 24.3 Å². The molecule has 2 heteroatoms. The van der Waals surface area contributed by atoms with Crippen LogP contribution in [0.4, 0.5) is 0 Å². The van der Waals surface area contributed by atoms with Crippen LogP contribution in [0.25, 0.3) is 0 Å². The van der Waals surface area contributed by atoms with Gasteiger partial charge in [0.05, 0.1) is 0 Å². The Kier molecular flexibility index (Phi) is 17.8. The monoisotopic (exact) mass is 226 g/mol. The van der Waals surface area contributed by atoms with E-state index in [1.165, 1.54) is 0 Å². The highest BCUT2D eigenvalue weighted by Crippen LogP contribution is 1.97. The normalized spacial score (nSPS) is 10.4. The molecule has 0 radical (unpaired) electrons. The fourth-order valence-electron chi connectivity index (χ4n) is 0.956. The van der Waals surface area contributed by atoms with Gasteiger partial charge in [-0.15, -0.1) is 0 Å². The quantitative estimate of drug-likeness (QED) is 0.510. The molecule has 0 amide bonds. The van der Waals surface area contributed by atoms with Crippen molar-refractivity contribution in [1.29, 1.82) is 0 Å². The summed E-state index contributed by atoms with van der Waals surface area (Å²) < 4.78 is 0. The minimum atomic E-state index is -0.682. The van der Waals surface area contributed by atoms with E-state index >= 15 is 0 Å². The summed E-state index contributed by atoms with van der Waals surface area (Å²) in [7, 11) is 0. The predicted molar refractivity (Wildman–Crippen MR) is 70.6 cm³/mol. The molecule has 0 saturated carbocycles. The summed E-state index contributed by atoms with van der Waals surface area (Å²) in [6.45, 7) is 6.33. The Hall–Kier alpha value is -1.05. The fourth-order valence-corrected chi connectivity index (χ4v) is 0.956. The van der Waals surface area contributed by atoms with Gasteiger partial charge in [-0.05, 0) is 19.3 Å². The third kappa shape index (κ3) is 23.1. The summed E-state index contributed by atoms with van der Waals surface area (Å²) in [6.07, 6.45) is 14.0. The number of unbranched alkanes of at least 4 members (excludes halogenated alkanes) is 2. The van der Waals surface area contributed by atoms with Crippen molar-refractivity contribution in [3.63, 3.8) is 0 Å². The first kappa shape index (κ1) is 17.3. The van der Waals surface area contributed by atoms with E-state index < -0.39 is 5.97 Å². The van der Waals surface area contributed by atoms with Gasteiger partial charge in [0.15, 0.2) is 0 Å². The molecule has 0 aromatic carbocycles. The second-order valence-electron chi connectivity index (χ2n) is 3.52. The van der Waals surface area contributed by atoms with Crippen LogP contribution in [0.15, 0.2) is 24.3 Å². The van der Waals surface area contributed by atoms with Gasteiger partial charge in [-0.2, -0.15) is 0 Å². The van der Waals surface area contributed by atoms with Gasteiger partial charge < -0.3 is 5.11 Å². The van der Waals surface area contributed by atoms with E-state index in [0.717, 1.165) is 32.1 Å². The first-order valence-electron chi connectivity index (χ1n) is 6.22. The lowest BCUT2D eigenvalue weighted by atomic mass is 10.2. The number of carboxylic acid groups (broad SMARTS) is 1. The highest BCUT2D eigenvalue weighted by molar-refractivity contribution is 5.66. The molecule has 94 valence electrons. The van der Waals surface area contributed by atoms with Gasteiger partial charge in [0.1, 0.15) is 0 Å². The molecule has 0 aliphatic carbocycles. The number of carbonyl (C=O) groups is 1. The number of aliphatic carboxylic acids is 1. The Bertz CT molecular complexity index is 181. The standard InChI is InChI=1S/C8H14.C6H12O2/c1-3-5-7-8-6-4-2;1-2-3-4-5-6(7)8/h5-8H,3-4H2,1-2H3;2-5H2,1H3,(H,7,8). The molecule has 0 saturated heterocycles. The predicted octanol–water partition coefficient (Wildman–Crippen LogP) is 4.57. The maximum absolute atomic E-state index is 9.87. The Morgan fingerprint density at radius 3 is 1.81 bits per heavy atom. The number of hydrogen-bond acceptors (Lipinski definition) is 1. The fraction of sp³-hybridized carbons (Fsp3) is 0.643. The maximum Gasteiger partial charge on any atom is 0.303 e. The number of rotatable bonds is 7. The van der Waals surface area contributed by atoms with E-state index in [9.17, 15) is 4.79 Å². The number of carboxylic acids is 1. The van der Waals surface area contributed by atoms with Gasteiger partial charge in [0.2, 0.25) is 0 Å². The molecule has 0 heterocycles. The van der Waals surface area contributed by atoms with Crippen molar-refractivity contribution < 1.29 is 9.90 Å². The van der Waals surface area contributed by atoms with Crippen LogP contribution in [-0.2, 0) is 4.79 Å². The summed E-state index contributed by atoms with van der Waals surface area (Å²) in [6, 6.07) is 0. The molecular weight excluding hydrogens is 200 g/mol. The topological polar surface area (TPSA) is 37.3 Å². The molecule has 0 aromatic heterocycles. The van der Waals surface area contributed by atoms with Gasteiger partial charge >= 0.3 is 5.97 Å². The van der Waals surface area contributed by atoms with Crippen LogP contribution >= 0.6 is 0 Å². The van der Waals surface area contributed by atoms with Crippen molar-refractivity contribution in [3.8, 4) is 0 Å². The summed E-state index contributed by atoms with van der Waals surface area (Å²) in [4.78, 5) is 9.87. The van der Waals surface area contributed by atoms with Crippen molar-refractivity contribution >= 4 is 5.97 Å². The Labute approximate surface area is 100 Å². The van der Waals surface area contributed by atoms with Gasteiger partial charge in [-0.25, -0.2) is 0 Å². The van der Waals surface area contributed by atoms with Crippen LogP contribution in [-0.4, -0.2) is 11.1 Å². The molecule has 0 aliphatic heterocycles. The third-order valence-electron chi connectivity index (χ3n) is 1.85.